The van der Waals surface area contributed by atoms with Crippen LogP contribution in [0.3, 0.4) is 0 Å². The van der Waals surface area contributed by atoms with Gasteiger partial charge in [-0.3, -0.25) is 9.59 Å². The molecule has 0 radical (unpaired) electrons. The van der Waals surface area contributed by atoms with E-state index in [-0.39, 0.29) is 13.0 Å². The van der Waals surface area contributed by atoms with Crippen LogP contribution in [0.5, 0.6) is 0 Å². The molecule has 0 fully saturated rings. The van der Waals surface area contributed by atoms with Crippen molar-refractivity contribution in [2.24, 2.45) is 0 Å². The van der Waals surface area contributed by atoms with Crippen LogP contribution in [0.15, 0.2) is 48.5 Å². The van der Waals surface area contributed by atoms with E-state index in [2.05, 4.69) is 0 Å². The summed E-state index contributed by atoms with van der Waals surface area (Å²) in [5.74, 6) is -1.05. The number of esters is 1. The standard InChI is InChI=1S/C18H16O4/c1-2-22-16(19)11-18(21)15-10-6-5-8-13(15)12-7-3-4-9-14(12)17(18)20/h3-10,21H,2,11H2,1H3. The van der Waals surface area contributed by atoms with E-state index >= 15 is 0 Å². The van der Waals surface area contributed by atoms with E-state index in [4.69, 9.17) is 4.74 Å². The number of fused-ring (bicyclic) bond motifs is 3. The Balaban J connectivity index is 2.17. The molecule has 0 aliphatic heterocycles. The Labute approximate surface area is 128 Å². The highest BCUT2D eigenvalue weighted by molar-refractivity contribution is 6.12. The van der Waals surface area contributed by atoms with Crippen molar-refractivity contribution in [3.8, 4) is 11.1 Å². The SMILES string of the molecule is CCOC(=O)CC1(O)C(=O)c2ccccc2-c2ccccc21. The van der Waals surface area contributed by atoms with Crippen molar-refractivity contribution in [1.29, 1.82) is 0 Å². The number of Topliss-reactive ketones (excluding diaryl/α,β-unsaturated/α-hetero) is 1. The molecule has 1 aliphatic rings. The lowest BCUT2D eigenvalue weighted by molar-refractivity contribution is -0.147. The van der Waals surface area contributed by atoms with Crippen LogP contribution in [0, 0.1) is 0 Å². The van der Waals surface area contributed by atoms with Crippen molar-refractivity contribution >= 4 is 11.8 Å². The number of aliphatic hydroxyl groups is 1. The Morgan fingerprint density at radius 3 is 2.32 bits per heavy atom. The van der Waals surface area contributed by atoms with Crippen LogP contribution in [0.25, 0.3) is 11.1 Å². The molecule has 0 aromatic heterocycles. The Bertz CT molecular complexity index is 750. The molecule has 4 heteroatoms. The number of hydrogen-bond acceptors (Lipinski definition) is 4. The maximum Gasteiger partial charge on any atom is 0.309 e. The van der Waals surface area contributed by atoms with E-state index in [1.807, 2.05) is 24.3 Å². The lowest BCUT2D eigenvalue weighted by Crippen LogP contribution is -2.41. The molecule has 0 saturated heterocycles. The van der Waals surface area contributed by atoms with Crippen molar-refractivity contribution in [3.63, 3.8) is 0 Å². The van der Waals surface area contributed by atoms with E-state index in [1.165, 1.54) is 0 Å². The molecule has 22 heavy (non-hydrogen) atoms. The van der Waals surface area contributed by atoms with Gasteiger partial charge in [-0.15, -0.1) is 0 Å². The van der Waals surface area contributed by atoms with Gasteiger partial charge in [0, 0.05) is 5.56 Å². The minimum absolute atomic E-state index is 0.210. The van der Waals surface area contributed by atoms with Gasteiger partial charge in [0.1, 0.15) is 0 Å². The van der Waals surface area contributed by atoms with Crippen LogP contribution >= 0.6 is 0 Å². The van der Waals surface area contributed by atoms with E-state index in [1.54, 1.807) is 31.2 Å². The number of hydrogen-bond donors (Lipinski definition) is 1. The fourth-order valence-electron chi connectivity index (χ4n) is 2.94. The summed E-state index contributed by atoms with van der Waals surface area (Å²) in [6.45, 7) is 1.90. The Hall–Kier alpha value is -2.46. The van der Waals surface area contributed by atoms with E-state index < -0.39 is 17.4 Å². The van der Waals surface area contributed by atoms with Crippen LogP contribution < -0.4 is 0 Å². The van der Waals surface area contributed by atoms with Crippen molar-refractivity contribution in [3.05, 3.63) is 59.7 Å². The van der Waals surface area contributed by atoms with Crippen molar-refractivity contribution in [2.45, 2.75) is 18.9 Å². The smallest absolute Gasteiger partial charge is 0.309 e. The lowest BCUT2D eigenvalue weighted by atomic mass is 9.73. The van der Waals surface area contributed by atoms with E-state index in [9.17, 15) is 14.7 Å². The quantitative estimate of drug-likeness (QED) is 0.885. The van der Waals surface area contributed by atoms with Gasteiger partial charge in [0.2, 0.25) is 0 Å². The summed E-state index contributed by atoms with van der Waals surface area (Å²) in [4.78, 5) is 24.6. The predicted octanol–water partition coefficient (Wildman–Crippen LogP) is 2.69. The molecular formula is C18H16O4. The minimum Gasteiger partial charge on any atom is -0.466 e. The average molecular weight is 296 g/mol. The number of rotatable bonds is 3. The average Bonchev–Trinajstić information content (AvgIpc) is 2.53. The first-order valence-corrected chi connectivity index (χ1v) is 7.19. The van der Waals surface area contributed by atoms with Gasteiger partial charge >= 0.3 is 5.97 Å². The largest absolute Gasteiger partial charge is 0.466 e. The molecule has 1 N–H and O–H groups in total. The Kier molecular flexibility index (Phi) is 3.54. The van der Waals surface area contributed by atoms with Crippen LogP contribution in [0.2, 0.25) is 0 Å². The highest BCUT2D eigenvalue weighted by Gasteiger charge is 2.46. The normalized spacial score (nSPS) is 19.3. The highest BCUT2D eigenvalue weighted by atomic mass is 16.5. The van der Waals surface area contributed by atoms with E-state index in [0.29, 0.717) is 11.1 Å². The molecule has 112 valence electrons. The molecule has 0 saturated carbocycles. The molecular weight excluding hydrogens is 280 g/mol. The maximum atomic E-state index is 12.8. The number of benzene rings is 2. The molecule has 2 aromatic rings. The van der Waals surface area contributed by atoms with Crippen LogP contribution in [-0.4, -0.2) is 23.5 Å². The summed E-state index contributed by atoms with van der Waals surface area (Å²) in [5, 5.41) is 11.0. The first-order valence-electron chi connectivity index (χ1n) is 7.19. The molecule has 0 heterocycles. The minimum atomic E-state index is -1.88. The van der Waals surface area contributed by atoms with Crippen molar-refractivity contribution in [1.82, 2.24) is 0 Å². The molecule has 3 rings (SSSR count). The van der Waals surface area contributed by atoms with Gasteiger partial charge in [-0.25, -0.2) is 0 Å². The zero-order valence-corrected chi connectivity index (χ0v) is 12.2. The molecule has 2 aromatic carbocycles. The fourth-order valence-corrected chi connectivity index (χ4v) is 2.94. The summed E-state index contributed by atoms with van der Waals surface area (Å²) < 4.78 is 4.91. The van der Waals surface area contributed by atoms with Crippen molar-refractivity contribution < 1.29 is 19.4 Å². The van der Waals surface area contributed by atoms with Gasteiger partial charge < -0.3 is 9.84 Å². The second-order valence-electron chi connectivity index (χ2n) is 5.26. The van der Waals surface area contributed by atoms with Gasteiger partial charge in [-0.05, 0) is 23.6 Å². The lowest BCUT2D eigenvalue weighted by Gasteiger charge is -2.33. The molecule has 0 amide bonds. The zero-order valence-electron chi connectivity index (χ0n) is 12.2. The first-order chi connectivity index (χ1) is 10.6. The van der Waals surface area contributed by atoms with E-state index in [0.717, 1.165) is 11.1 Å². The summed E-state index contributed by atoms with van der Waals surface area (Å²) in [5.41, 5.74) is 0.540. The summed E-state index contributed by atoms with van der Waals surface area (Å²) in [6, 6.07) is 14.2. The second kappa shape index (κ2) is 5.39. The Morgan fingerprint density at radius 1 is 1.05 bits per heavy atom. The third-order valence-corrected chi connectivity index (χ3v) is 3.92. The third-order valence-electron chi connectivity index (χ3n) is 3.92. The molecule has 1 aliphatic carbocycles. The van der Waals surface area contributed by atoms with Gasteiger partial charge in [0.25, 0.3) is 0 Å². The summed E-state index contributed by atoms with van der Waals surface area (Å²) in [6.07, 6.45) is -0.384. The molecule has 0 bridgehead atoms. The third kappa shape index (κ3) is 2.12. The summed E-state index contributed by atoms with van der Waals surface area (Å²) in [7, 11) is 0. The van der Waals surface area contributed by atoms with Gasteiger partial charge in [-0.2, -0.15) is 0 Å². The second-order valence-corrected chi connectivity index (χ2v) is 5.26. The number of carbonyl (C=O) groups excluding carboxylic acids is 2. The molecule has 0 spiro atoms. The summed E-state index contributed by atoms with van der Waals surface area (Å²) >= 11 is 0. The fraction of sp³-hybridized carbons (Fsp3) is 0.222. The van der Waals surface area contributed by atoms with Crippen LogP contribution in [-0.2, 0) is 15.1 Å². The highest BCUT2D eigenvalue weighted by Crippen LogP contribution is 2.43. The molecule has 4 nitrogen and oxygen atoms in total. The molecule has 1 atom stereocenters. The van der Waals surface area contributed by atoms with Crippen molar-refractivity contribution in [2.75, 3.05) is 6.61 Å². The molecule has 1 unspecified atom stereocenters. The predicted molar refractivity (Wildman–Crippen MR) is 81.4 cm³/mol. The zero-order chi connectivity index (χ0) is 15.7. The van der Waals surface area contributed by atoms with Gasteiger partial charge in [0.05, 0.1) is 13.0 Å². The van der Waals surface area contributed by atoms with Gasteiger partial charge in [0.15, 0.2) is 11.4 Å². The van der Waals surface area contributed by atoms with Gasteiger partial charge in [-0.1, -0.05) is 48.5 Å². The number of carbonyl (C=O) groups is 2. The first kappa shape index (κ1) is 14.5. The maximum absolute atomic E-state index is 12.8. The topological polar surface area (TPSA) is 63.6 Å². The number of ether oxygens (including phenoxy) is 1. The number of ketones is 1. The monoisotopic (exact) mass is 296 g/mol. The Morgan fingerprint density at radius 2 is 1.64 bits per heavy atom. The van der Waals surface area contributed by atoms with Crippen LogP contribution in [0.4, 0.5) is 0 Å². The van der Waals surface area contributed by atoms with Crippen LogP contribution in [0.1, 0.15) is 29.3 Å².